The van der Waals surface area contributed by atoms with Gasteiger partial charge in [0, 0.05) is 5.54 Å². The Morgan fingerprint density at radius 3 is 2.00 bits per heavy atom. The molecule has 0 saturated heterocycles. The van der Waals surface area contributed by atoms with Crippen molar-refractivity contribution in [1.29, 1.82) is 0 Å². The van der Waals surface area contributed by atoms with E-state index in [0.29, 0.717) is 0 Å². The Morgan fingerprint density at radius 1 is 1.64 bits per heavy atom. The fraction of sp³-hybridized carbons (Fsp3) is 0.571. The number of nitrogens with one attached hydrogen (secondary N) is 1. The zero-order chi connectivity index (χ0) is 11.1. The molecule has 1 unspecified atom stereocenters. The summed E-state index contributed by atoms with van der Waals surface area (Å²) in [7, 11) is 0. The van der Waals surface area contributed by atoms with E-state index in [9.17, 15) is 4.79 Å². The van der Waals surface area contributed by atoms with E-state index in [4.69, 9.17) is 13.3 Å². The van der Waals surface area contributed by atoms with Gasteiger partial charge in [-0.25, -0.2) is 4.21 Å². The molecular weight excluding hydrogens is 217 g/mol. The molecule has 2 N–H and O–H groups in total. The topological polar surface area (TPSA) is 89.5 Å². The number of carbonyl (C=O) groups excluding carboxylic acids is 1. The van der Waals surface area contributed by atoms with Crippen LogP contribution in [0, 0.1) is 0 Å². The first kappa shape index (κ1) is 19.8. The molecule has 1 atom stereocenters. The first-order valence-electron chi connectivity index (χ1n) is 3.42. The third kappa shape index (κ3) is 29.5. The van der Waals surface area contributed by atoms with Crippen LogP contribution in [-0.2, 0) is 16.2 Å². The summed E-state index contributed by atoms with van der Waals surface area (Å²) in [5, 5.41) is 2.71. The minimum Gasteiger partial charge on any atom is -1.00 e. The molecule has 0 radical (unpaired) electrons. The number of carbonyl (C=O) groups is 1. The van der Waals surface area contributed by atoms with Crippen LogP contribution in [0.2, 0.25) is 0 Å². The van der Waals surface area contributed by atoms with Gasteiger partial charge in [-0.3, -0.25) is 4.79 Å². The maximum absolute atomic E-state index is 10.6. The molecule has 0 fully saturated rings. The summed E-state index contributed by atoms with van der Waals surface area (Å²) in [4.78, 5) is 10.6. The standard InChI is InChI=1S/C7H13NO.Na.H2O3S.H/c1-5-6(9)8-7(2,3)4;;1-4(2)3;/h5H,1H2,2-4H3,(H,8,9);;(H2,1,2,3);/q;+1;;-1/p-1. The van der Waals surface area contributed by atoms with Crippen LogP contribution >= 0.6 is 0 Å². The molecular formula is C7H15NNaO4S-. The number of rotatable bonds is 1. The Bertz CT molecular complexity index is 204. The first-order valence-corrected chi connectivity index (χ1v) is 4.45. The molecule has 0 rings (SSSR count). The maximum Gasteiger partial charge on any atom is 1.00 e. The Morgan fingerprint density at radius 2 is 1.93 bits per heavy atom. The van der Waals surface area contributed by atoms with Gasteiger partial charge in [-0.05, 0) is 26.8 Å². The molecule has 5 nitrogen and oxygen atoms in total. The van der Waals surface area contributed by atoms with Crippen LogP contribution in [0.1, 0.15) is 22.2 Å². The second-order valence-corrected chi connectivity index (χ2v) is 3.59. The molecule has 80 valence electrons. The van der Waals surface area contributed by atoms with Crippen LogP contribution in [0.15, 0.2) is 12.7 Å². The Kier molecular flexibility index (Phi) is 13.9. The van der Waals surface area contributed by atoms with Crippen LogP contribution in [0.25, 0.3) is 0 Å². The van der Waals surface area contributed by atoms with Gasteiger partial charge in [0.15, 0.2) is 0 Å². The quantitative estimate of drug-likeness (QED) is 0.298. The zero-order valence-corrected chi connectivity index (χ0v) is 11.7. The summed E-state index contributed by atoms with van der Waals surface area (Å²) in [6, 6.07) is 0. The molecule has 0 aliphatic rings. The second kappa shape index (κ2) is 9.82. The molecule has 1 amide bonds. The van der Waals surface area contributed by atoms with Gasteiger partial charge in [-0.15, -0.1) is 0 Å². The molecule has 7 heteroatoms. The van der Waals surface area contributed by atoms with E-state index in [0.717, 1.165) is 0 Å². The molecule has 14 heavy (non-hydrogen) atoms. The number of amides is 1. The smallest absolute Gasteiger partial charge is 1.00 e. The molecule has 0 aromatic carbocycles. The van der Waals surface area contributed by atoms with Crippen LogP contribution < -0.4 is 34.9 Å². The van der Waals surface area contributed by atoms with Gasteiger partial charge in [0.2, 0.25) is 5.91 Å². The minimum absolute atomic E-state index is 0. The Labute approximate surface area is 110 Å². The summed E-state index contributed by atoms with van der Waals surface area (Å²) in [6.45, 7) is 9.11. The van der Waals surface area contributed by atoms with Crippen molar-refractivity contribution in [1.82, 2.24) is 5.32 Å². The monoisotopic (exact) mass is 232 g/mol. The molecule has 0 spiro atoms. The Hall–Kier alpha value is 0.280. The van der Waals surface area contributed by atoms with Crippen molar-refractivity contribution in [2.24, 2.45) is 0 Å². The predicted molar refractivity (Wildman–Crippen MR) is 50.8 cm³/mol. The summed E-state index contributed by atoms with van der Waals surface area (Å²) >= 11 is -2.86. The van der Waals surface area contributed by atoms with Gasteiger partial charge in [0.25, 0.3) is 0 Å². The van der Waals surface area contributed by atoms with E-state index >= 15 is 0 Å². The second-order valence-electron chi connectivity index (χ2n) is 3.16. The first-order chi connectivity index (χ1) is 5.69. The summed E-state index contributed by atoms with van der Waals surface area (Å²) in [5.74, 6) is -0.123. The fourth-order valence-corrected chi connectivity index (χ4v) is 0.421. The fourth-order valence-electron chi connectivity index (χ4n) is 0.421. The van der Waals surface area contributed by atoms with Crippen LogP contribution in [0.3, 0.4) is 0 Å². The van der Waals surface area contributed by atoms with Gasteiger partial charge in [0.05, 0.1) is 11.4 Å². The number of hydrogen-bond acceptors (Lipinski definition) is 3. The van der Waals surface area contributed by atoms with Crippen molar-refractivity contribution in [2.75, 3.05) is 0 Å². The molecule has 0 saturated carbocycles. The van der Waals surface area contributed by atoms with Crippen molar-refractivity contribution >= 4 is 17.3 Å². The van der Waals surface area contributed by atoms with E-state index in [1.54, 1.807) is 0 Å². The predicted octanol–water partition coefficient (Wildman–Crippen LogP) is -2.46. The van der Waals surface area contributed by atoms with Crippen LogP contribution in [0.4, 0.5) is 0 Å². The van der Waals surface area contributed by atoms with E-state index in [1.165, 1.54) is 6.08 Å². The van der Waals surface area contributed by atoms with E-state index < -0.39 is 11.4 Å². The van der Waals surface area contributed by atoms with Crippen molar-refractivity contribution < 1.29 is 49.1 Å². The van der Waals surface area contributed by atoms with Crippen molar-refractivity contribution in [3.8, 4) is 0 Å². The molecule has 0 heterocycles. The molecule has 0 aliphatic heterocycles. The summed E-state index contributed by atoms with van der Waals surface area (Å²) in [5.41, 5.74) is -0.148. The molecule has 0 aromatic rings. The third-order valence-electron chi connectivity index (χ3n) is 0.684. The molecule has 0 aliphatic carbocycles. The van der Waals surface area contributed by atoms with E-state index in [-0.39, 0.29) is 42.4 Å². The average Bonchev–Trinajstić information content (AvgIpc) is 1.82. The largest absolute Gasteiger partial charge is 1.00 e. The third-order valence-corrected chi connectivity index (χ3v) is 0.684. The minimum atomic E-state index is -2.86. The maximum atomic E-state index is 10.6. The van der Waals surface area contributed by atoms with Crippen LogP contribution in [0.5, 0.6) is 0 Å². The normalized spacial score (nSPS) is 11.2. The van der Waals surface area contributed by atoms with E-state index in [2.05, 4.69) is 11.9 Å². The van der Waals surface area contributed by atoms with Gasteiger partial charge in [-0.2, -0.15) is 0 Å². The van der Waals surface area contributed by atoms with E-state index in [1.807, 2.05) is 20.8 Å². The summed E-state index contributed by atoms with van der Waals surface area (Å²) < 4.78 is 24.1. The van der Waals surface area contributed by atoms with Crippen molar-refractivity contribution in [2.45, 2.75) is 26.3 Å². The summed E-state index contributed by atoms with van der Waals surface area (Å²) in [6.07, 6.45) is 1.27. The van der Waals surface area contributed by atoms with Crippen molar-refractivity contribution in [3.63, 3.8) is 0 Å². The molecule has 0 aromatic heterocycles. The average molecular weight is 232 g/mol. The number of hydrogen-bond donors (Lipinski definition) is 2. The van der Waals surface area contributed by atoms with Gasteiger partial charge in [-0.1, -0.05) is 6.58 Å². The van der Waals surface area contributed by atoms with Gasteiger partial charge >= 0.3 is 29.6 Å². The zero-order valence-electron chi connectivity index (χ0n) is 9.86. The van der Waals surface area contributed by atoms with Gasteiger partial charge in [0.1, 0.15) is 0 Å². The Balaban J connectivity index is -0.0000000883. The van der Waals surface area contributed by atoms with Crippen molar-refractivity contribution in [3.05, 3.63) is 12.7 Å². The molecule has 0 bridgehead atoms. The SMILES string of the molecule is C=CC(=O)NC(C)(C)C.O=S([O-])O.[H-].[Na+]. The van der Waals surface area contributed by atoms with Gasteiger partial charge < -0.3 is 15.8 Å². The van der Waals surface area contributed by atoms with Crippen LogP contribution in [-0.4, -0.2) is 24.8 Å².